The van der Waals surface area contributed by atoms with E-state index in [1.54, 1.807) is 0 Å². The molecule has 1 saturated heterocycles. The van der Waals surface area contributed by atoms with E-state index in [1.165, 1.54) is 12.8 Å². The molecule has 2 aliphatic rings. The number of carbonyl (C=O) groups is 2. The van der Waals surface area contributed by atoms with Gasteiger partial charge in [-0.1, -0.05) is 12.1 Å². The van der Waals surface area contributed by atoms with Crippen LogP contribution < -0.4 is 10.6 Å². The minimum Gasteiger partial charge on any atom is -0.338 e. The number of rotatable bonds is 7. The second-order valence-corrected chi connectivity index (χ2v) is 6.24. The smallest absolute Gasteiger partial charge is 0.238 e. The standard InChI is InChI=1S/C17H23N3O2/c21-16(11-18-10-13-3-4-13)19-15-7-5-14(6-8-15)12-20-9-1-2-17(20)22/h5-8,13,18H,1-4,9-12H2,(H,19,21). The lowest BCUT2D eigenvalue weighted by molar-refractivity contribution is -0.128. The van der Waals surface area contributed by atoms with Gasteiger partial charge in [0.1, 0.15) is 0 Å². The van der Waals surface area contributed by atoms with Crippen LogP contribution in [0.5, 0.6) is 0 Å². The number of likely N-dealkylation sites (tertiary alicyclic amines) is 1. The first-order valence-corrected chi connectivity index (χ1v) is 8.08. The topological polar surface area (TPSA) is 61.4 Å². The lowest BCUT2D eigenvalue weighted by atomic mass is 10.2. The molecule has 1 heterocycles. The van der Waals surface area contributed by atoms with E-state index in [9.17, 15) is 9.59 Å². The summed E-state index contributed by atoms with van der Waals surface area (Å²) in [6, 6.07) is 7.74. The number of hydrogen-bond acceptors (Lipinski definition) is 3. The van der Waals surface area contributed by atoms with Gasteiger partial charge in [-0.15, -0.1) is 0 Å². The molecule has 0 radical (unpaired) electrons. The third-order valence-corrected chi connectivity index (χ3v) is 4.20. The van der Waals surface area contributed by atoms with Crippen LogP contribution in [-0.4, -0.2) is 36.3 Å². The van der Waals surface area contributed by atoms with E-state index in [1.807, 2.05) is 29.2 Å². The van der Waals surface area contributed by atoms with Gasteiger partial charge in [0.15, 0.2) is 0 Å². The summed E-state index contributed by atoms with van der Waals surface area (Å²) in [7, 11) is 0. The van der Waals surface area contributed by atoms with Gasteiger partial charge >= 0.3 is 0 Å². The summed E-state index contributed by atoms with van der Waals surface area (Å²) in [5, 5.41) is 6.06. The van der Waals surface area contributed by atoms with Crippen molar-refractivity contribution in [2.24, 2.45) is 5.92 Å². The normalized spacial score (nSPS) is 17.8. The molecule has 118 valence electrons. The molecule has 0 aromatic heterocycles. The number of benzene rings is 1. The maximum absolute atomic E-state index is 11.8. The Balaban J connectivity index is 1.43. The molecule has 0 bridgehead atoms. The monoisotopic (exact) mass is 301 g/mol. The average molecular weight is 301 g/mol. The second kappa shape index (κ2) is 6.92. The van der Waals surface area contributed by atoms with Crippen molar-refractivity contribution in [2.75, 3.05) is 25.0 Å². The summed E-state index contributed by atoms with van der Waals surface area (Å²) in [5.74, 6) is 1.00. The summed E-state index contributed by atoms with van der Waals surface area (Å²) >= 11 is 0. The Morgan fingerprint density at radius 3 is 2.64 bits per heavy atom. The molecule has 22 heavy (non-hydrogen) atoms. The predicted octanol–water partition coefficient (Wildman–Crippen LogP) is 1.75. The molecular formula is C17H23N3O2. The minimum atomic E-state index is -0.0110. The minimum absolute atomic E-state index is 0.0110. The van der Waals surface area contributed by atoms with Crippen molar-refractivity contribution in [1.82, 2.24) is 10.2 Å². The molecule has 2 amide bonds. The summed E-state index contributed by atoms with van der Waals surface area (Å²) in [5.41, 5.74) is 1.90. The Labute approximate surface area is 131 Å². The van der Waals surface area contributed by atoms with Gasteiger partial charge in [-0.25, -0.2) is 0 Å². The van der Waals surface area contributed by atoms with Crippen LogP contribution in [0.3, 0.4) is 0 Å². The summed E-state index contributed by atoms with van der Waals surface area (Å²) in [6.45, 7) is 2.82. The Morgan fingerprint density at radius 1 is 1.23 bits per heavy atom. The Bertz CT molecular complexity index is 537. The van der Waals surface area contributed by atoms with E-state index >= 15 is 0 Å². The fraction of sp³-hybridized carbons (Fsp3) is 0.529. The van der Waals surface area contributed by atoms with Crippen molar-refractivity contribution in [1.29, 1.82) is 0 Å². The van der Waals surface area contributed by atoms with E-state index in [-0.39, 0.29) is 11.8 Å². The van der Waals surface area contributed by atoms with Gasteiger partial charge in [0.25, 0.3) is 0 Å². The van der Waals surface area contributed by atoms with E-state index in [4.69, 9.17) is 0 Å². The summed E-state index contributed by atoms with van der Waals surface area (Å²) < 4.78 is 0. The Morgan fingerprint density at radius 2 is 2.00 bits per heavy atom. The van der Waals surface area contributed by atoms with Crippen molar-refractivity contribution in [3.8, 4) is 0 Å². The molecule has 3 rings (SSSR count). The van der Waals surface area contributed by atoms with Gasteiger partial charge in [0, 0.05) is 25.2 Å². The molecule has 1 saturated carbocycles. The van der Waals surface area contributed by atoms with E-state index in [2.05, 4.69) is 10.6 Å². The number of anilines is 1. The highest BCUT2D eigenvalue weighted by Crippen LogP contribution is 2.27. The van der Waals surface area contributed by atoms with Gasteiger partial charge in [-0.3, -0.25) is 9.59 Å². The largest absolute Gasteiger partial charge is 0.338 e. The quantitative estimate of drug-likeness (QED) is 0.806. The third-order valence-electron chi connectivity index (χ3n) is 4.20. The van der Waals surface area contributed by atoms with Crippen molar-refractivity contribution < 1.29 is 9.59 Å². The number of hydrogen-bond donors (Lipinski definition) is 2. The van der Waals surface area contributed by atoms with Crippen molar-refractivity contribution in [3.63, 3.8) is 0 Å². The molecule has 0 spiro atoms. The van der Waals surface area contributed by atoms with Crippen molar-refractivity contribution in [3.05, 3.63) is 29.8 Å². The van der Waals surface area contributed by atoms with E-state index in [0.29, 0.717) is 19.5 Å². The highest BCUT2D eigenvalue weighted by molar-refractivity contribution is 5.92. The van der Waals surface area contributed by atoms with Gasteiger partial charge < -0.3 is 15.5 Å². The number of amides is 2. The molecular weight excluding hydrogens is 278 g/mol. The average Bonchev–Trinajstić information content (AvgIpc) is 3.24. The summed E-state index contributed by atoms with van der Waals surface area (Å²) in [4.78, 5) is 25.3. The maximum Gasteiger partial charge on any atom is 0.238 e. The van der Waals surface area contributed by atoms with Crippen LogP contribution in [0.4, 0.5) is 5.69 Å². The molecule has 0 unspecified atom stereocenters. The Kier molecular flexibility index (Phi) is 4.73. The molecule has 2 fully saturated rings. The zero-order valence-corrected chi connectivity index (χ0v) is 12.8. The van der Waals surface area contributed by atoms with Crippen LogP contribution in [0.25, 0.3) is 0 Å². The molecule has 5 nitrogen and oxygen atoms in total. The number of nitrogens with one attached hydrogen (secondary N) is 2. The van der Waals surface area contributed by atoms with Gasteiger partial charge in [-0.05, 0) is 49.4 Å². The predicted molar refractivity (Wildman–Crippen MR) is 85.3 cm³/mol. The zero-order chi connectivity index (χ0) is 15.4. The van der Waals surface area contributed by atoms with Crippen molar-refractivity contribution in [2.45, 2.75) is 32.2 Å². The Hall–Kier alpha value is -1.88. The van der Waals surface area contributed by atoms with Crippen LogP contribution in [0.15, 0.2) is 24.3 Å². The second-order valence-electron chi connectivity index (χ2n) is 6.24. The van der Waals surface area contributed by atoms with Crippen LogP contribution in [0, 0.1) is 5.92 Å². The van der Waals surface area contributed by atoms with Crippen LogP contribution in [-0.2, 0) is 16.1 Å². The molecule has 1 aromatic carbocycles. The van der Waals surface area contributed by atoms with E-state index in [0.717, 1.165) is 36.7 Å². The molecule has 2 N–H and O–H groups in total. The molecule has 1 aliphatic heterocycles. The molecule has 5 heteroatoms. The van der Waals surface area contributed by atoms with E-state index < -0.39 is 0 Å². The zero-order valence-electron chi connectivity index (χ0n) is 12.8. The van der Waals surface area contributed by atoms with Gasteiger partial charge in [0.05, 0.1) is 6.54 Å². The van der Waals surface area contributed by atoms with Crippen LogP contribution in [0.2, 0.25) is 0 Å². The van der Waals surface area contributed by atoms with Gasteiger partial charge in [-0.2, -0.15) is 0 Å². The number of carbonyl (C=O) groups excluding carboxylic acids is 2. The van der Waals surface area contributed by atoms with Crippen molar-refractivity contribution >= 4 is 17.5 Å². The first-order valence-electron chi connectivity index (χ1n) is 8.08. The summed E-state index contributed by atoms with van der Waals surface area (Å²) in [6.07, 6.45) is 4.20. The van der Waals surface area contributed by atoms with Crippen LogP contribution in [0.1, 0.15) is 31.2 Å². The lowest BCUT2D eigenvalue weighted by Crippen LogP contribution is -2.29. The van der Waals surface area contributed by atoms with Crippen LogP contribution >= 0.6 is 0 Å². The maximum atomic E-state index is 11.8. The lowest BCUT2D eigenvalue weighted by Gasteiger charge is -2.15. The SMILES string of the molecule is O=C(CNCC1CC1)Nc1ccc(CN2CCCC2=O)cc1. The highest BCUT2D eigenvalue weighted by atomic mass is 16.2. The van der Waals surface area contributed by atoms with Gasteiger partial charge in [0.2, 0.25) is 11.8 Å². The fourth-order valence-electron chi connectivity index (χ4n) is 2.70. The molecule has 1 aliphatic carbocycles. The highest BCUT2D eigenvalue weighted by Gasteiger charge is 2.21. The first kappa shape index (κ1) is 15.0. The third kappa shape index (κ3) is 4.31. The number of nitrogens with zero attached hydrogens (tertiary/aromatic N) is 1. The fourth-order valence-corrected chi connectivity index (χ4v) is 2.70. The first-order chi connectivity index (χ1) is 10.7. The molecule has 1 aromatic rings. The molecule has 0 atom stereocenters.